The van der Waals surface area contributed by atoms with Crippen molar-refractivity contribution in [3.63, 3.8) is 0 Å². The molecular formula is C36H34F2N6O3. The number of esters is 1. The smallest absolute Gasteiger partial charge is 0.319 e. The Morgan fingerprint density at radius 1 is 0.936 bits per heavy atom. The van der Waals surface area contributed by atoms with Crippen molar-refractivity contribution < 1.29 is 23.0 Å². The van der Waals surface area contributed by atoms with Crippen molar-refractivity contribution in [1.82, 2.24) is 24.8 Å². The fourth-order valence-corrected chi connectivity index (χ4v) is 7.60. The lowest BCUT2D eigenvalue weighted by atomic mass is 9.95. The van der Waals surface area contributed by atoms with E-state index < -0.39 is 11.6 Å². The van der Waals surface area contributed by atoms with Gasteiger partial charge in [-0.15, -0.1) is 0 Å². The molecule has 0 amide bonds. The SMILES string of the molecule is O=C(Oc1cccnc1)C1CCN(c2nc(OCC34CCCN3CCC4)nc3c(F)c(-c4cccc5cccc(F)c45)ncc23)CC1. The lowest BCUT2D eigenvalue weighted by molar-refractivity contribution is -0.139. The number of benzene rings is 2. The van der Waals surface area contributed by atoms with E-state index in [1.807, 2.05) is 4.90 Å². The molecule has 0 bridgehead atoms. The minimum Gasteiger partial charge on any atom is -0.461 e. The fourth-order valence-electron chi connectivity index (χ4n) is 7.60. The summed E-state index contributed by atoms with van der Waals surface area (Å²) in [4.78, 5) is 35.4. The van der Waals surface area contributed by atoms with Gasteiger partial charge in [-0.2, -0.15) is 9.97 Å². The van der Waals surface area contributed by atoms with Crippen LogP contribution < -0.4 is 14.4 Å². The topological polar surface area (TPSA) is 93.6 Å². The highest BCUT2D eigenvalue weighted by atomic mass is 19.1. The largest absolute Gasteiger partial charge is 0.461 e. The number of fused-ring (bicyclic) bond motifs is 3. The van der Waals surface area contributed by atoms with Gasteiger partial charge in [0.15, 0.2) is 5.82 Å². The second-order valence-corrected chi connectivity index (χ2v) is 12.7. The number of carbonyl (C=O) groups is 1. The third-order valence-corrected chi connectivity index (χ3v) is 10.0. The normalized spacial score (nSPS) is 18.1. The van der Waals surface area contributed by atoms with Gasteiger partial charge in [-0.25, -0.2) is 8.78 Å². The van der Waals surface area contributed by atoms with E-state index in [0.717, 1.165) is 38.8 Å². The monoisotopic (exact) mass is 636 g/mol. The molecule has 0 unspecified atom stereocenters. The molecule has 6 heterocycles. The van der Waals surface area contributed by atoms with Crippen LogP contribution in [0, 0.1) is 17.6 Å². The first-order valence-corrected chi connectivity index (χ1v) is 16.3. The van der Waals surface area contributed by atoms with Gasteiger partial charge in [-0.05, 0) is 75.2 Å². The second-order valence-electron chi connectivity index (χ2n) is 12.7. The molecule has 0 atom stereocenters. The number of carbonyl (C=O) groups excluding carboxylic acids is 1. The van der Waals surface area contributed by atoms with Crippen LogP contribution >= 0.6 is 0 Å². The average molecular weight is 637 g/mol. The van der Waals surface area contributed by atoms with E-state index in [4.69, 9.17) is 14.5 Å². The molecule has 3 saturated heterocycles. The van der Waals surface area contributed by atoms with Crippen molar-refractivity contribution in [3.8, 4) is 23.0 Å². The van der Waals surface area contributed by atoms with Crippen molar-refractivity contribution in [2.45, 2.75) is 44.1 Å². The quantitative estimate of drug-likeness (QED) is 0.190. The molecule has 240 valence electrons. The van der Waals surface area contributed by atoms with Crippen molar-refractivity contribution in [2.24, 2.45) is 5.92 Å². The van der Waals surface area contributed by atoms with Gasteiger partial charge in [-0.1, -0.05) is 30.3 Å². The Morgan fingerprint density at radius 2 is 1.72 bits per heavy atom. The van der Waals surface area contributed by atoms with Gasteiger partial charge >= 0.3 is 12.0 Å². The van der Waals surface area contributed by atoms with Gasteiger partial charge in [0.1, 0.15) is 35.2 Å². The van der Waals surface area contributed by atoms with Crippen LogP contribution in [0.2, 0.25) is 0 Å². The second kappa shape index (κ2) is 12.1. The van der Waals surface area contributed by atoms with Crippen LogP contribution in [0.5, 0.6) is 11.8 Å². The Morgan fingerprint density at radius 3 is 2.49 bits per heavy atom. The van der Waals surface area contributed by atoms with Crippen LogP contribution in [0.15, 0.2) is 67.1 Å². The van der Waals surface area contributed by atoms with Gasteiger partial charge in [0.25, 0.3) is 0 Å². The molecule has 9 nitrogen and oxygen atoms in total. The molecule has 11 heteroatoms. The van der Waals surface area contributed by atoms with Crippen molar-refractivity contribution in [2.75, 3.05) is 37.7 Å². The zero-order valence-electron chi connectivity index (χ0n) is 25.9. The van der Waals surface area contributed by atoms with E-state index in [0.29, 0.717) is 65.8 Å². The summed E-state index contributed by atoms with van der Waals surface area (Å²) >= 11 is 0. The van der Waals surface area contributed by atoms with Crippen LogP contribution in [-0.2, 0) is 4.79 Å². The number of halogens is 2. The van der Waals surface area contributed by atoms with E-state index in [2.05, 4.69) is 19.9 Å². The van der Waals surface area contributed by atoms with Gasteiger partial charge in [0.05, 0.1) is 23.0 Å². The van der Waals surface area contributed by atoms with Crippen LogP contribution in [-0.4, -0.2) is 69.1 Å². The third-order valence-electron chi connectivity index (χ3n) is 10.0. The number of pyridine rings is 2. The van der Waals surface area contributed by atoms with Gasteiger partial charge in [0, 0.05) is 36.4 Å². The molecule has 0 saturated carbocycles. The molecular weight excluding hydrogens is 602 g/mol. The summed E-state index contributed by atoms with van der Waals surface area (Å²) < 4.78 is 43.6. The van der Waals surface area contributed by atoms with Gasteiger partial charge < -0.3 is 14.4 Å². The molecule has 5 aromatic rings. The van der Waals surface area contributed by atoms with Crippen LogP contribution in [0.25, 0.3) is 32.9 Å². The van der Waals surface area contributed by atoms with Crippen molar-refractivity contribution in [1.29, 1.82) is 0 Å². The molecule has 0 spiro atoms. The highest BCUT2D eigenvalue weighted by molar-refractivity contribution is 5.99. The molecule has 2 aromatic carbocycles. The number of aromatic nitrogens is 4. The maximum absolute atomic E-state index is 16.6. The summed E-state index contributed by atoms with van der Waals surface area (Å²) in [6, 6.07) is 13.5. The number of hydrogen-bond donors (Lipinski definition) is 0. The van der Waals surface area contributed by atoms with E-state index in [1.54, 1.807) is 54.9 Å². The molecule has 3 fully saturated rings. The highest BCUT2D eigenvalue weighted by Crippen LogP contribution is 2.40. The molecule has 3 aromatic heterocycles. The first kappa shape index (κ1) is 29.6. The Balaban J connectivity index is 1.14. The van der Waals surface area contributed by atoms with E-state index in [1.165, 1.54) is 12.3 Å². The molecule has 0 N–H and O–H groups in total. The van der Waals surface area contributed by atoms with Gasteiger partial charge in [0.2, 0.25) is 0 Å². The Bertz CT molecular complexity index is 1950. The zero-order chi connectivity index (χ0) is 32.0. The van der Waals surface area contributed by atoms with Crippen LogP contribution in [0.3, 0.4) is 0 Å². The summed E-state index contributed by atoms with van der Waals surface area (Å²) in [5, 5.41) is 1.38. The summed E-state index contributed by atoms with van der Waals surface area (Å²) in [6.07, 6.45) is 10.1. The van der Waals surface area contributed by atoms with E-state index in [9.17, 15) is 4.79 Å². The van der Waals surface area contributed by atoms with Gasteiger partial charge in [-0.3, -0.25) is 19.7 Å². The predicted octanol–water partition coefficient (Wildman–Crippen LogP) is 6.35. The Labute approximate surface area is 270 Å². The Kier molecular flexibility index (Phi) is 7.63. The number of hydrogen-bond acceptors (Lipinski definition) is 9. The van der Waals surface area contributed by atoms with Crippen molar-refractivity contribution >= 4 is 33.5 Å². The standard InChI is InChI=1S/C36H34F2N6O3/c37-28-10-2-7-23-6-1-9-26(29(23)28)31-30(38)32-27(21-40-31)33(42-35(41-32)46-22-36-13-4-16-44(36)17-5-14-36)43-18-11-24(12-19-43)34(45)47-25-8-3-15-39-20-25/h1-3,6-10,15,20-21,24H,4-5,11-14,16-19,22H2. The molecule has 0 radical (unpaired) electrons. The Hall–Kier alpha value is -4.77. The van der Waals surface area contributed by atoms with E-state index >= 15 is 8.78 Å². The molecule has 3 aliphatic rings. The molecule has 0 aliphatic carbocycles. The first-order valence-electron chi connectivity index (χ1n) is 16.3. The first-order chi connectivity index (χ1) is 23.0. The van der Waals surface area contributed by atoms with Crippen LogP contribution in [0.1, 0.15) is 38.5 Å². The zero-order valence-corrected chi connectivity index (χ0v) is 25.9. The van der Waals surface area contributed by atoms with Crippen LogP contribution in [0.4, 0.5) is 14.6 Å². The maximum Gasteiger partial charge on any atom is 0.319 e. The predicted molar refractivity (Wildman–Crippen MR) is 173 cm³/mol. The molecule has 47 heavy (non-hydrogen) atoms. The minimum absolute atomic E-state index is 0.0111. The highest BCUT2D eigenvalue weighted by Gasteiger charge is 2.45. The number of piperidine rings is 1. The van der Waals surface area contributed by atoms with E-state index in [-0.39, 0.29) is 34.6 Å². The summed E-state index contributed by atoms with van der Waals surface area (Å²) in [5.74, 6) is -0.802. The fraction of sp³-hybridized carbons (Fsp3) is 0.361. The lowest BCUT2D eigenvalue weighted by Gasteiger charge is -2.33. The number of ether oxygens (including phenoxy) is 2. The summed E-state index contributed by atoms with van der Waals surface area (Å²) in [5.41, 5.74) is 0.376. The third kappa shape index (κ3) is 5.42. The summed E-state index contributed by atoms with van der Waals surface area (Å²) in [6.45, 7) is 3.52. The van der Waals surface area contributed by atoms with Crippen molar-refractivity contribution in [3.05, 3.63) is 78.8 Å². The average Bonchev–Trinajstić information content (AvgIpc) is 3.69. The lowest BCUT2D eigenvalue weighted by Crippen LogP contribution is -2.43. The minimum atomic E-state index is -0.664. The summed E-state index contributed by atoms with van der Waals surface area (Å²) in [7, 11) is 0. The maximum atomic E-state index is 16.6. The number of nitrogens with zero attached hydrogens (tertiary/aromatic N) is 6. The molecule has 3 aliphatic heterocycles. The number of rotatable bonds is 7. The molecule has 8 rings (SSSR count). The number of anilines is 1.